The maximum atomic E-state index is 10.5. The van der Waals surface area contributed by atoms with Crippen LogP contribution in [0.4, 0.5) is 0 Å². The third kappa shape index (κ3) is 2.39. The predicted octanol–water partition coefficient (Wildman–Crippen LogP) is 5.22. The van der Waals surface area contributed by atoms with Crippen molar-refractivity contribution in [3.05, 3.63) is 75.9 Å². The molecule has 1 N–H and O–H groups in total. The Kier molecular flexibility index (Phi) is 3.31. The first-order chi connectivity index (χ1) is 9.25. The zero-order valence-electron chi connectivity index (χ0n) is 10.6. The van der Waals surface area contributed by atoms with E-state index in [0.717, 1.165) is 30.4 Å². The average Bonchev–Trinajstić information content (AvgIpc) is 3.09. The van der Waals surface area contributed by atoms with Crippen LogP contribution in [0.5, 0.6) is 0 Å². The summed E-state index contributed by atoms with van der Waals surface area (Å²) in [7, 11) is 0. The van der Waals surface area contributed by atoms with Crippen LogP contribution in [0.1, 0.15) is 24.8 Å². The van der Waals surface area contributed by atoms with E-state index in [-0.39, 0.29) is 0 Å². The Labute approximate surface area is 118 Å². The number of aliphatic hydroxyl groups is 1. The van der Waals surface area contributed by atoms with Crippen LogP contribution in [0.15, 0.2) is 65.3 Å². The number of benzene rings is 1. The van der Waals surface area contributed by atoms with E-state index in [1.54, 1.807) is 0 Å². The van der Waals surface area contributed by atoms with E-state index in [4.69, 9.17) is 11.6 Å². The molecule has 0 saturated heterocycles. The smallest absolute Gasteiger partial charge is 0.126 e. The maximum absolute atomic E-state index is 10.5. The molecule has 0 atom stereocenters. The van der Waals surface area contributed by atoms with Gasteiger partial charge in [-0.3, -0.25) is 0 Å². The second-order valence-electron chi connectivity index (χ2n) is 4.84. The van der Waals surface area contributed by atoms with Gasteiger partial charge in [0.2, 0.25) is 0 Å². The van der Waals surface area contributed by atoms with Crippen LogP contribution in [0, 0.1) is 0 Å². The van der Waals surface area contributed by atoms with E-state index in [9.17, 15) is 5.11 Å². The lowest BCUT2D eigenvalue weighted by molar-refractivity contribution is 0.506. The van der Waals surface area contributed by atoms with Crippen molar-refractivity contribution in [2.45, 2.75) is 19.3 Å². The third-order valence-electron chi connectivity index (χ3n) is 3.63. The molecule has 2 aliphatic rings. The van der Waals surface area contributed by atoms with Crippen LogP contribution in [0.3, 0.4) is 0 Å². The molecule has 0 amide bonds. The quantitative estimate of drug-likeness (QED) is 0.694. The Morgan fingerprint density at radius 3 is 2.37 bits per heavy atom. The highest BCUT2D eigenvalue weighted by Gasteiger charge is 2.21. The van der Waals surface area contributed by atoms with Crippen LogP contribution in [-0.4, -0.2) is 5.11 Å². The number of allylic oxidation sites excluding steroid dienone is 7. The maximum Gasteiger partial charge on any atom is 0.126 e. The molecule has 96 valence electrons. The molecule has 0 heterocycles. The summed E-state index contributed by atoms with van der Waals surface area (Å²) in [6.45, 7) is 0. The lowest BCUT2D eigenvalue weighted by Gasteiger charge is -2.09. The first-order valence-corrected chi connectivity index (χ1v) is 6.90. The van der Waals surface area contributed by atoms with Crippen molar-refractivity contribution in [3.8, 4) is 0 Å². The molecule has 0 spiro atoms. The number of rotatable bonds is 1. The summed E-state index contributed by atoms with van der Waals surface area (Å²) in [5, 5.41) is 11.2. The first-order valence-electron chi connectivity index (χ1n) is 6.52. The molecule has 1 fully saturated rings. The fourth-order valence-electron chi connectivity index (χ4n) is 2.68. The van der Waals surface area contributed by atoms with E-state index in [0.29, 0.717) is 10.8 Å². The molecular formula is C17H15ClO. The highest BCUT2D eigenvalue weighted by Crippen LogP contribution is 2.38. The third-order valence-corrected chi connectivity index (χ3v) is 3.88. The van der Waals surface area contributed by atoms with E-state index < -0.39 is 0 Å². The van der Waals surface area contributed by atoms with Crippen LogP contribution >= 0.6 is 11.6 Å². The Morgan fingerprint density at radius 1 is 1.00 bits per heavy atom. The van der Waals surface area contributed by atoms with Crippen LogP contribution < -0.4 is 0 Å². The molecule has 0 unspecified atom stereocenters. The van der Waals surface area contributed by atoms with Crippen LogP contribution in [0.2, 0.25) is 5.02 Å². The Morgan fingerprint density at radius 2 is 1.68 bits per heavy atom. The molecule has 2 aliphatic carbocycles. The first kappa shape index (κ1) is 12.3. The topological polar surface area (TPSA) is 20.2 Å². The monoisotopic (exact) mass is 270 g/mol. The molecule has 0 aromatic heterocycles. The van der Waals surface area contributed by atoms with E-state index in [1.807, 2.05) is 36.4 Å². The fourth-order valence-corrected chi connectivity index (χ4v) is 2.81. The lowest BCUT2D eigenvalue weighted by Crippen LogP contribution is -1.92. The summed E-state index contributed by atoms with van der Waals surface area (Å²) in [4.78, 5) is 0. The molecule has 2 heteroatoms. The van der Waals surface area contributed by atoms with Gasteiger partial charge in [0.05, 0.1) is 0 Å². The van der Waals surface area contributed by atoms with Gasteiger partial charge < -0.3 is 5.11 Å². The molecule has 3 rings (SSSR count). The normalized spacial score (nSPS) is 20.5. The Hall–Kier alpha value is -1.73. The molecule has 1 aromatic rings. The van der Waals surface area contributed by atoms with Gasteiger partial charge >= 0.3 is 0 Å². The zero-order chi connectivity index (χ0) is 13.2. The minimum Gasteiger partial charge on any atom is -0.507 e. The molecule has 0 radical (unpaired) electrons. The van der Waals surface area contributed by atoms with Gasteiger partial charge in [0.25, 0.3) is 0 Å². The molecular weight excluding hydrogens is 256 g/mol. The molecule has 1 saturated carbocycles. The van der Waals surface area contributed by atoms with Crippen molar-refractivity contribution < 1.29 is 5.11 Å². The number of aliphatic hydroxyl groups excluding tert-OH is 1. The Balaban J connectivity index is 2.06. The highest BCUT2D eigenvalue weighted by molar-refractivity contribution is 6.30. The predicted molar refractivity (Wildman–Crippen MR) is 80.2 cm³/mol. The van der Waals surface area contributed by atoms with Gasteiger partial charge in [0.1, 0.15) is 5.76 Å². The van der Waals surface area contributed by atoms with Crippen molar-refractivity contribution >= 4 is 17.4 Å². The SMILES string of the molecule is OC(=C1CCCC1=C1C=CC=C1)c1ccc(Cl)cc1. The van der Waals surface area contributed by atoms with Crippen molar-refractivity contribution in [2.24, 2.45) is 0 Å². The van der Waals surface area contributed by atoms with Gasteiger partial charge in [-0.05, 0) is 60.2 Å². The minimum absolute atomic E-state index is 0.394. The van der Waals surface area contributed by atoms with Gasteiger partial charge in [0, 0.05) is 10.6 Å². The summed E-state index contributed by atoms with van der Waals surface area (Å²) < 4.78 is 0. The van der Waals surface area contributed by atoms with Crippen molar-refractivity contribution in [1.82, 2.24) is 0 Å². The lowest BCUT2D eigenvalue weighted by atomic mass is 9.99. The van der Waals surface area contributed by atoms with E-state index in [1.165, 1.54) is 11.1 Å². The molecule has 19 heavy (non-hydrogen) atoms. The summed E-state index contributed by atoms with van der Waals surface area (Å²) in [5.74, 6) is 0.394. The summed E-state index contributed by atoms with van der Waals surface area (Å²) in [5.41, 5.74) is 4.42. The van der Waals surface area contributed by atoms with E-state index in [2.05, 4.69) is 12.2 Å². The van der Waals surface area contributed by atoms with E-state index >= 15 is 0 Å². The fraction of sp³-hybridized carbons (Fsp3) is 0.176. The molecule has 1 aromatic carbocycles. The zero-order valence-corrected chi connectivity index (χ0v) is 11.3. The Bertz CT molecular complexity index is 601. The van der Waals surface area contributed by atoms with Gasteiger partial charge in [-0.2, -0.15) is 0 Å². The standard InChI is InChI=1S/C17H15ClO/c18-14-10-8-13(9-11-14)17(19)16-7-3-6-15(16)12-4-1-2-5-12/h1-2,4-5,8-11,19H,3,6-7H2. The van der Waals surface area contributed by atoms with Gasteiger partial charge in [-0.15, -0.1) is 0 Å². The summed E-state index contributed by atoms with van der Waals surface area (Å²) >= 11 is 5.88. The number of halogens is 1. The largest absolute Gasteiger partial charge is 0.507 e. The highest BCUT2D eigenvalue weighted by atomic mass is 35.5. The molecule has 0 bridgehead atoms. The van der Waals surface area contributed by atoms with Crippen molar-refractivity contribution in [2.75, 3.05) is 0 Å². The summed E-state index contributed by atoms with van der Waals surface area (Å²) in [6.07, 6.45) is 11.4. The second kappa shape index (κ2) is 5.10. The number of hydrogen-bond donors (Lipinski definition) is 1. The average molecular weight is 271 g/mol. The van der Waals surface area contributed by atoms with Crippen LogP contribution in [-0.2, 0) is 0 Å². The molecule has 1 nitrogen and oxygen atoms in total. The van der Waals surface area contributed by atoms with Gasteiger partial charge in [-0.1, -0.05) is 35.9 Å². The summed E-state index contributed by atoms with van der Waals surface area (Å²) in [6, 6.07) is 7.35. The minimum atomic E-state index is 0.394. The number of hydrogen-bond acceptors (Lipinski definition) is 1. The van der Waals surface area contributed by atoms with Crippen molar-refractivity contribution in [1.29, 1.82) is 0 Å². The van der Waals surface area contributed by atoms with Crippen LogP contribution in [0.25, 0.3) is 5.76 Å². The van der Waals surface area contributed by atoms with Gasteiger partial charge in [0.15, 0.2) is 0 Å². The molecule has 0 aliphatic heterocycles. The van der Waals surface area contributed by atoms with Gasteiger partial charge in [-0.25, -0.2) is 0 Å². The second-order valence-corrected chi connectivity index (χ2v) is 5.28. The van der Waals surface area contributed by atoms with Crippen molar-refractivity contribution in [3.63, 3.8) is 0 Å².